The van der Waals surface area contributed by atoms with E-state index in [0.717, 1.165) is 37.2 Å². The normalized spacial score (nSPS) is 19.7. The molecule has 1 heterocycles. The van der Waals surface area contributed by atoms with Crippen molar-refractivity contribution in [2.24, 2.45) is 11.7 Å². The Balaban J connectivity index is 2.15. The van der Waals surface area contributed by atoms with Crippen LogP contribution in [0.3, 0.4) is 0 Å². The summed E-state index contributed by atoms with van der Waals surface area (Å²) >= 11 is 0. The number of ether oxygens (including phenoxy) is 1. The topological polar surface area (TPSA) is 35.2 Å². The molecule has 0 bridgehead atoms. The number of hydrogen-bond acceptors (Lipinski definition) is 2. The maximum Gasteiger partial charge on any atom is 0.123 e. The smallest absolute Gasteiger partial charge is 0.123 e. The molecule has 1 aromatic rings. The zero-order valence-electron chi connectivity index (χ0n) is 9.58. The summed E-state index contributed by atoms with van der Waals surface area (Å²) < 4.78 is 18.3. The molecule has 2 N–H and O–H groups in total. The highest BCUT2D eigenvalue weighted by Gasteiger charge is 2.23. The zero-order valence-corrected chi connectivity index (χ0v) is 9.58. The van der Waals surface area contributed by atoms with E-state index in [1.54, 1.807) is 6.07 Å². The molecular formula is C13H18FNO. The second-order valence-electron chi connectivity index (χ2n) is 4.48. The van der Waals surface area contributed by atoms with Crippen molar-refractivity contribution in [3.05, 3.63) is 35.1 Å². The fraction of sp³-hybridized carbons (Fsp3) is 0.538. The molecule has 0 radical (unpaired) electrons. The number of aryl methyl sites for hydroxylation is 1. The molecule has 0 saturated carbocycles. The van der Waals surface area contributed by atoms with Crippen molar-refractivity contribution in [1.82, 2.24) is 0 Å². The summed E-state index contributed by atoms with van der Waals surface area (Å²) in [6.07, 6.45) is 2.00. The Labute approximate surface area is 95.6 Å². The minimum absolute atomic E-state index is 0.00417. The van der Waals surface area contributed by atoms with E-state index in [1.807, 2.05) is 13.0 Å². The van der Waals surface area contributed by atoms with Gasteiger partial charge in [0.1, 0.15) is 5.82 Å². The van der Waals surface area contributed by atoms with Crippen molar-refractivity contribution in [1.29, 1.82) is 0 Å². The molecule has 1 aliphatic rings. The van der Waals surface area contributed by atoms with Gasteiger partial charge in [0.15, 0.2) is 0 Å². The number of benzene rings is 1. The molecule has 1 saturated heterocycles. The molecule has 0 aliphatic carbocycles. The fourth-order valence-corrected chi connectivity index (χ4v) is 2.34. The quantitative estimate of drug-likeness (QED) is 0.836. The van der Waals surface area contributed by atoms with Crippen LogP contribution in [0.15, 0.2) is 18.2 Å². The molecule has 0 aromatic heterocycles. The third kappa shape index (κ3) is 2.42. The van der Waals surface area contributed by atoms with Crippen molar-refractivity contribution in [2.45, 2.75) is 25.8 Å². The van der Waals surface area contributed by atoms with Crippen molar-refractivity contribution in [2.75, 3.05) is 13.2 Å². The summed E-state index contributed by atoms with van der Waals surface area (Å²) in [5.41, 5.74) is 8.25. The Morgan fingerprint density at radius 3 is 2.69 bits per heavy atom. The Morgan fingerprint density at radius 2 is 2.06 bits per heavy atom. The molecule has 1 aliphatic heterocycles. The van der Waals surface area contributed by atoms with Gasteiger partial charge in [-0.25, -0.2) is 4.39 Å². The molecule has 0 spiro atoms. The second-order valence-corrected chi connectivity index (χ2v) is 4.48. The van der Waals surface area contributed by atoms with Crippen LogP contribution in [-0.2, 0) is 4.74 Å². The highest BCUT2D eigenvalue weighted by molar-refractivity contribution is 5.29. The first kappa shape index (κ1) is 11.6. The Bertz CT molecular complexity index is 361. The third-order valence-electron chi connectivity index (χ3n) is 3.36. The van der Waals surface area contributed by atoms with Crippen LogP contribution < -0.4 is 5.73 Å². The SMILES string of the molecule is Cc1cc(F)ccc1[C@@H](N)C1CCOCC1. The molecular weight excluding hydrogens is 205 g/mol. The van der Waals surface area contributed by atoms with Crippen LogP contribution in [0.4, 0.5) is 4.39 Å². The van der Waals surface area contributed by atoms with Gasteiger partial charge in [0.2, 0.25) is 0 Å². The minimum Gasteiger partial charge on any atom is -0.381 e. The van der Waals surface area contributed by atoms with Gasteiger partial charge in [0, 0.05) is 19.3 Å². The van der Waals surface area contributed by atoms with Crippen LogP contribution >= 0.6 is 0 Å². The lowest BCUT2D eigenvalue weighted by molar-refractivity contribution is 0.0583. The van der Waals surface area contributed by atoms with E-state index in [1.165, 1.54) is 6.07 Å². The molecule has 1 aromatic carbocycles. The summed E-state index contributed by atoms with van der Waals surface area (Å²) in [7, 11) is 0. The molecule has 0 amide bonds. The van der Waals surface area contributed by atoms with E-state index >= 15 is 0 Å². The Morgan fingerprint density at radius 1 is 1.38 bits per heavy atom. The summed E-state index contributed by atoms with van der Waals surface area (Å²) in [5, 5.41) is 0. The second kappa shape index (κ2) is 4.93. The van der Waals surface area contributed by atoms with Gasteiger partial charge in [-0.05, 0) is 48.9 Å². The average molecular weight is 223 g/mol. The predicted molar refractivity (Wildman–Crippen MR) is 61.6 cm³/mol. The van der Waals surface area contributed by atoms with Crippen LogP contribution in [-0.4, -0.2) is 13.2 Å². The standard InChI is InChI=1S/C13H18FNO/c1-9-8-11(14)2-3-12(9)13(15)10-4-6-16-7-5-10/h2-3,8,10,13H,4-7,15H2,1H3/t13-/m0/s1. The predicted octanol–water partition coefficient (Wildman–Crippen LogP) is 2.56. The zero-order chi connectivity index (χ0) is 11.5. The molecule has 2 nitrogen and oxygen atoms in total. The van der Waals surface area contributed by atoms with Crippen molar-refractivity contribution in [3.63, 3.8) is 0 Å². The lowest BCUT2D eigenvalue weighted by Crippen LogP contribution is -2.28. The van der Waals surface area contributed by atoms with Crippen LogP contribution in [0.2, 0.25) is 0 Å². The molecule has 2 rings (SSSR count). The summed E-state index contributed by atoms with van der Waals surface area (Å²) in [5.74, 6) is 0.262. The van der Waals surface area contributed by atoms with Crippen molar-refractivity contribution >= 4 is 0 Å². The van der Waals surface area contributed by atoms with Gasteiger partial charge in [-0.3, -0.25) is 0 Å². The number of rotatable bonds is 2. The minimum atomic E-state index is -0.194. The van der Waals surface area contributed by atoms with Gasteiger partial charge in [-0.1, -0.05) is 6.07 Å². The summed E-state index contributed by atoms with van der Waals surface area (Å²) in [4.78, 5) is 0. The van der Waals surface area contributed by atoms with Crippen LogP contribution in [0.1, 0.15) is 30.0 Å². The third-order valence-corrected chi connectivity index (χ3v) is 3.36. The molecule has 3 heteroatoms. The maximum absolute atomic E-state index is 13.0. The van der Waals surface area contributed by atoms with E-state index in [9.17, 15) is 4.39 Å². The Hall–Kier alpha value is -0.930. The maximum atomic E-state index is 13.0. The average Bonchev–Trinajstić information content (AvgIpc) is 2.29. The molecule has 1 atom stereocenters. The van der Waals surface area contributed by atoms with Gasteiger partial charge in [-0.15, -0.1) is 0 Å². The van der Waals surface area contributed by atoms with E-state index in [2.05, 4.69) is 0 Å². The van der Waals surface area contributed by atoms with Crippen molar-refractivity contribution in [3.8, 4) is 0 Å². The number of halogens is 1. The highest BCUT2D eigenvalue weighted by atomic mass is 19.1. The lowest BCUT2D eigenvalue weighted by atomic mass is 9.86. The largest absolute Gasteiger partial charge is 0.381 e. The van der Waals surface area contributed by atoms with E-state index in [-0.39, 0.29) is 11.9 Å². The first-order chi connectivity index (χ1) is 7.68. The lowest BCUT2D eigenvalue weighted by Gasteiger charge is -2.28. The number of hydrogen-bond donors (Lipinski definition) is 1. The van der Waals surface area contributed by atoms with Gasteiger partial charge < -0.3 is 10.5 Å². The number of nitrogens with two attached hydrogens (primary N) is 1. The van der Waals surface area contributed by atoms with Crippen LogP contribution in [0.25, 0.3) is 0 Å². The summed E-state index contributed by atoms with van der Waals surface area (Å²) in [6, 6.07) is 4.85. The molecule has 0 unspecified atom stereocenters. The first-order valence-electron chi connectivity index (χ1n) is 5.78. The highest BCUT2D eigenvalue weighted by Crippen LogP contribution is 2.29. The molecule has 88 valence electrons. The monoisotopic (exact) mass is 223 g/mol. The van der Waals surface area contributed by atoms with Crippen molar-refractivity contribution < 1.29 is 9.13 Å². The van der Waals surface area contributed by atoms with Gasteiger partial charge in [-0.2, -0.15) is 0 Å². The van der Waals surface area contributed by atoms with Crippen LogP contribution in [0.5, 0.6) is 0 Å². The van der Waals surface area contributed by atoms with E-state index < -0.39 is 0 Å². The first-order valence-corrected chi connectivity index (χ1v) is 5.78. The molecule has 16 heavy (non-hydrogen) atoms. The van der Waals surface area contributed by atoms with Gasteiger partial charge >= 0.3 is 0 Å². The summed E-state index contributed by atoms with van der Waals surface area (Å²) in [6.45, 7) is 3.49. The van der Waals surface area contributed by atoms with E-state index in [0.29, 0.717) is 5.92 Å². The molecule has 1 fully saturated rings. The fourth-order valence-electron chi connectivity index (χ4n) is 2.34. The Kier molecular flexibility index (Phi) is 3.56. The van der Waals surface area contributed by atoms with Gasteiger partial charge in [0.25, 0.3) is 0 Å². The van der Waals surface area contributed by atoms with Crippen LogP contribution in [0, 0.1) is 18.7 Å². The van der Waals surface area contributed by atoms with E-state index in [4.69, 9.17) is 10.5 Å². The van der Waals surface area contributed by atoms with Gasteiger partial charge in [0.05, 0.1) is 0 Å².